The van der Waals surface area contributed by atoms with Gasteiger partial charge in [0.05, 0.1) is 0 Å². The Hall–Kier alpha value is -0.590. The van der Waals surface area contributed by atoms with Crippen molar-refractivity contribution in [2.24, 2.45) is 52.3 Å². The molecular formula is C28H46O. The van der Waals surface area contributed by atoms with Crippen LogP contribution in [-0.4, -0.2) is 5.78 Å². The molecule has 0 N–H and O–H groups in total. The largest absolute Gasteiger partial charge is 0.295 e. The number of hydrogen-bond donors (Lipinski definition) is 0. The molecule has 3 saturated carbocycles. The smallest absolute Gasteiger partial charge is 0.155 e. The van der Waals surface area contributed by atoms with E-state index in [1.165, 1.54) is 56.9 Å². The van der Waals surface area contributed by atoms with Crippen molar-refractivity contribution >= 4 is 5.78 Å². The first-order chi connectivity index (χ1) is 13.7. The molecule has 0 bridgehead atoms. The number of allylic oxidation sites excluding steroid dienone is 1. The second kappa shape index (κ2) is 7.83. The quantitative estimate of drug-likeness (QED) is 0.461. The monoisotopic (exact) mass is 398 g/mol. The van der Waals surface area contributed by atoms with Crippen LogP contribution in [0, 0.1) is 52.3 Å². The van der Waals surface area contributed by atoms with Crippen molar-refractivity contribution in [3.8, 4) is 0 Å². The molecule has 0 aliphatic heterocycles. The minimum absolute atomic E-state index is 0.328. The van der Waals surface area contributed by atoms with Gasteiger partial charge in [-0.15, -0.1) is 0 Å². The molecule has 4 aliphatic carbocycles. The number of carbonyl (C=O) groups is 1. The van der Waals surface area contributed by atoms with Crippen LogP contribution < -0.4 is 0 Å². The van der Waals surface area contributed by atoms with Crippen LogP contribution in [0.5, 0.6) is 0 Å². The predicted octanol–water partition coefficient (Wildman–Crippen LogP) is 7.84. The second-order valence-corrected chi connectivity index (χ2v) is 12.5. The molecule has 1 heteroatoms. The van der Waals surface area contributed by atoms with Gasteiger partial charge in [0, 0.05) is 6.42 Å². The lowest BCUT2D eigenvalue weighted by Gasteiger charge is -2.58. The highest BCUT2D eigenvalue weighted by atomic mass is 16.1. The molecule has 1 nitrogen and oxygen atoms in total. The van der Waals surface area contributed by atoms with E-state index in [4.69, 9.17) is 0 Å². The molecule has 0 amide bonds. The first-order valence-electron chi connectivity index (χ1n) is 12.9. The van der Waals surface area contributed by atoms with Crippen LogP contribution in [0.3, 0.4) is 0 Å². The van der Waals surface area contributed by atoms with Gasteiger partial charge in [-0.2, -0.15) is 0 Å². The number of ketones is 1. The van der Waals surface area contributed by atoms with Crippen molar-refractivity contribution in [1.82, 2.24) is 0 Å². The second-order valence-electron chi connectivity index (χ2n) is 12.5. The first kappa shape index (κ1) is 21.6. The molecule has 3 fully saturated rings. The van der Waals surface area contributed by atoms with Gasteiger partial charge in [-0.25, -0.2) is 0 Å². The number of hydrogen-bond acceptors (Lipinski definition) is 1. The Morgan fingerprint density at radius 1 is 0.931 bits per heavy atom. The van der Waals surface area contributed by atoms with Gasteiger partial charge in [-0.05, 0) is 103 Å². The van der Waals surface area contributed by atoms with Crippen LogP contribution in [0.25, 0.3) is 0 Å². The summed E-state index contributed by atoms with van der Waals surface area (Å²) in [6, 6.07) is 0. The third kappa shape index (κ3) is 3.57. The van der Waals surface area contributed by atoms with Crippen molar-refractivity contribution in [2.45, 2.75) is 106 Å². The van der Waals surface area contributed by atoms with Gasteiger partial charge in [-0.1, -0.05) is 60.0 Å². The maximum atomic E-state index is 12.0. The Morgan fingerprint density at radius 2 is 1.69 bits per heavy atom. The summed E-state index contributed by atoms with van der Waals surface area (Å²) in [6.07, 6.45) is 15.1. The van der Waals surface area contributed by atoms with Gasteiger partial charge in [0.1, 0.15) is 0 Å². The van der Waals surface area contributed by atoms with Gasteiger partial charge in [0.15, 0.2) is 5.78 Å². The zero-order valence-electron chi connectivity index (χ0n) is 20.1. The van der Waals surface area contributed by atoms with Gasteiger partial charge in [-0.3, -0.25) is 4.79 Å². The van der Waals surface area contributed by atoms with E-state index in [0.29, 0.717) is 16.6 Å². The van der Waals surface area contributed by atoms with Crippen molar-refractivity contribution in [1.29, 1.82) is 0 Å². The topological polar surface area (TPSA) is 17.1 Å². The molecule has 0 aromatic heterocycles. The van der Waals surface area contributed by atoms with Crippen LogP contribution in [0.4, 0.5) is 0 Å². The molecule has 4 rings (SSSR count). The van der Waals surface area contributed by atoms with E-state index in [0.717, 1.165) is 54.3 Å². The van der Waals surface area contributed by atoms with E-state index < -0.39 is 0 Å². The highest BCUT2D eigenvalue weighted by molar-refractivity contribution is 5.91. The molecule has 29 heavy (non-hydrogen) atoms. The molecule has 0 aromatic carbocycles. The summed E-state index contributed by atoms with van der Waals surface area (Å²) in [4.78, 5) is 12.0. The lowest BCUT2D eigenvalue weighted by Crippen LogP contribution is -2.51. The van der Waals surface area contributed by atoms with Crippen molar-refractivity contribution in [2.75, 3.05) is 0 Å². The fourth-order valence-electron chi connectivity index (χ4n) is 8.59. The molecule has 4 aliphatic rings. The zero-order valence-corrected chi connectivity index (χ0v) is 20.1. The van der Waals surface area contributed by atoms with E-state index >= 15 is 0 Å². The van der Waals surface area contributed by atoms with Gasteiger partial charge >= 0.3 is 0 Å². The third-order valence-electron chi connectivity index (χ3n) is 10.9. The van der Waals surface area contributed by atoms with Crippen molar-refractivity contribution in [3.05, 3.63) is 11.6 Å². The molecule has 0 spiro atoms. The molecule has 164 valence electrons. The highest BCUT2D eigenvalue weighted by Gasteiger charge is 2.59. The number of carbonyl (C=O) groups excluding carboxylic acids is 1. The summed E-state index contributed by atoms with van der Waals surface area (Å²) in [5.74, 6) is 6.57. The van der Waals surface area contributed by atoms with Crippen LogP contribution in [0.1, 0.15) is 106 Å². The molecule has 0 saturated heterocycles. The average Bonchev–Trinajstić information content (AvgIpc) is 3.03. The standard InChI is InChI=1S/C28H46O/c1-18(2)19(3)7-8-20(4)24-11-12-25-23-10-9-21-17-22(29)13-15-27(21,5)26(23)14-16-28(24,25)6/h17-20,23-26H,7-16H2,1-6H3/t19-,20-,23+,24-,25+,26+,27-,28+/m1/s1. The maximum Gasteiger partial charge on any atom is 0.155 e. The molecular weight excluding hydrogens is 352 g/mol. The Kier molecular flexibility index (Phi) is 5.84. The normalized spacial score (nSPS) is 44.0. The van der Waals surface area contributed by atoms with E-state index in [1.807, 2.05) is 0 Å². The lowest BCUT2D eigenvalue weighted by atomic mass is 9.46. The fourth-order valence-corrected chi connectivity index (χ4v) is 8.59. The zero-order chi connectivity index (χ0) is 21.0. The summed E-state index contributed by atoms with van der Waals surface area (Å²) >= 11 is 0. The molecule has 0 radical (unpaired) electrons. The van der Waals surface area contributed by atoms with E-state index in [1.54, 1.807) is 0 Å². The summed E-state index contributed by atoms with van der Waals surface area (Å²) in [6.45, 7) is 15.0. The van der Waals surface area contributed by atoms with Crippen LogP contribution in [0.2, 0.25) is 0 Å². The average molecular weight is 399 g/mol. The van der Waals surface area contributed by atoms with E-state index in [2.05, 4.69) is 47.6 Å². The Balaban J connectivity index is 1.49. The summed E-state index contributed by atoms with van der Waals surface area (Å²) in [5.41, 5.74) is 2.42. The fraction of sp³-hybridized carbons (Fsp3) is 0.893. The first-order valence-corrected chi connectivity index (χ1v) is 12.9. The Morgan fingerprint density at radius 3 is 2.41 bits per heavy atom. The van der Waals surface area contributed by atoms with Gasteiger partial charge < -0.3 is 0 Å². The molecule has 0 heterocycles. The molecule has 0 aromatic rings. The summed E-state index contributed by atoms with van der Waals surface area (Å²) < 4.78 is 0. The number of fused-ring (bicyclic) bond motifs is 5. The highest BCUT2D eigenvalue weighted by Crippen LogP contribution is 2.67. The maximum absolute atomic E-state index is 12.0. The van der Waals surface area contributed by atoms with Crippen molar-refractivity contribution < 1.29 is 4.79 Å². The Labute approximate surface area is 180 Å². The third-order valence-corrected chi connectivity index (χ3v) is 10.9. The molecule has 0 unspecified atom stereocenters. The Bertz CT molecular complexity index is 659. The van der Waals surface area contributed by atoms with Gasteiger partial charge in [0.2, 0.25) is 0 Å². The van der Waals surface area contributed by atoms with Crippen LogP contribution in [0.15, 0.2) is 11.6 Å². The predicted molar refractivity (Wildman–Crippen MR) is 123 cm³/mol. The summed E-state index contributed by atoms with van der Waals surface area (Å²) in [7, 11) is 0. The minimum Gasteiger partial charge on any atom is -0.295 e. The summed E-state index contributed by atoms with van der Waals surface area (Å²) in [5, 5.41) is 0. The molecule has 8 atom stereocenters. The van der Waals surface area contributed by atoms with E-state index in [-0.39, 0.29) is 0 Å². The lowest BCUT2D eigenvalue weighted by molar-refractivity contribution is -0.117. The van der Waals surface area contributed by atoms with Gasteiger partial charge in [0.25, 0.3) is 0 Å². The minimum atomic E-state index is 0.328. The van der Waals surface area contributed by atoms with Crippen LogP contribution >= 0.6 is 0 Å². The SMILES string of the molecule is CC(C)[C@H](C)CC[C@@H](C)[C@H]1CC[C@H]2[C@@H]3CCC4=CC(=O)CC[C@@]4(C)[C@H]3CC[C@@]12C. The number of rotatable bonds is 5. The van der Waals surface area contributed by atoms with Crippen LogP contribution in [-0.2, 0) is 4.79 Å². The van der Waals surface area contributed by atoms with Crippen molar-refractivity contribution in [3.63, 3.8) is 0 Å². The van der Waals surface area contributed by atoms with E-state index in [9.17, 15) is 4.79 Å².